The number of guanidine groups is 3. The molecule has 6 aromatic carbocycles. The maximum atomic E-state index is 13.4. The lowest BCUT2D eigenvalue weighted by Gasteiger charge is -2.46. The van der Waals surface area contributed by atoms with Crippen LogP contribution in [-0.4, -0.2) is 145 Å². The molecule has 0 bridgehead atoms. The third-order valence-electron chi connectivity index (χ3n) is 18.2. The van der Waals surface area contributed by atoms with Crippen molar-refractivity contribution >= 4 is 98.9 Å². The fourth-order valence-corrected chi connectivity index (χ4v) is 14.7. The number of rotatable bonds is 3. The number of carbonyl (C=O) groups is 3. The van der Waals surface area contributed by atoms with Crippen LogP contribution in [0.1, 0.15) is 74.5 Å². The summed E-state index contributed by atoms with van der Waals surface area (Å²) >= 11 is 21.4. The van der Waals surface area contributed by atoms with E-state index in [-0.39, 0.29) is 35.6 Å². The van der Waals surface area contributed by atoms with Crippen LogP contribution in [0.15, 0.2) is 147 Å². The summed E-state index contributed by atoms with van der Waals surface area (Å²) in [6.45, 7) is 3.49. The molecule has 3 saturated heterocycles. The summed E-state index contributed by atoms with van der Waals surface area (Å²) < 4.78 is 37.2. The fourth-order valence-electron chi connectivity index (χ4n) is 13.8. The van der Waals surface area contributed by atoms with Crippen LogP contribution < -0.4 is 36.9 Å². The van der Waals surface area contributed by atoms with E-state index in [1.54, 1.807) is 39.3 Å². The Balaban J connectivity index is 0.000000123. The zero-order chi connectivity index (χ0) is 64.3. The maximum absolute atomic E-state index is 13.4. The van der Waals surface area contributed by atoms with Crippen LogP contribution in [0.2, 0.25) is 15.1 Å². The first kappa shape index (κ1) is 63.9. The molecular weight excluding hydrogens is 1290 g/mol. The SMILES string of the molecule is CN1C(=O)C2(CC3(CCCOC3)Oc3ccc(Br)cc32)N=C1N.CN1C(=O)[C@@]2(C[C@@]3(CCCOC3)Oc3ccc(-c4cccc(Cl)c4)cc32)N=C1N.CN1C(=O)[C@@]2(C[C@]3(CCCOC3)Oc3ccc(-c4cccc(Cl)c4)cc32)N=C1N.OB(O)c1cccc(Cl)c1. The van der Waals surface area contributed by atoms with E-state index in [4.69, 9.17) is 100 Å². The Kier molecular flexibility index (Phi) is 17.5. The largest absolute Gasteiger partial charge is 0.488 e. The Morgan fingerprint density at radius 1 is 0.473 bits per heavy atom. The van der Waals surface area contributed by atoms with Gasteiger partial charge in [-0.15, -0.1) is 0 Å². The van der Waals surface area contributed by atoms with Gasteiger partial charge in [-0.2, -0.15) is 0 Å². The van der Waals surface area contributed by atoms with E-state index in [0.717, 1.165) is 88.5 Å². The normalized spacial score (nSPS) is 27.5. The molecule has 25 heteroatoms. The van der Waals surface area contributed by atoms with E-state index in [1.165, 1.54) is 20.8 Å². The van der Waals surface area contributed by atoms with Gasteiger partial charge >= 0.3 is 7.12 Å². The quantitative estimate of drug-likeness (QED) is 0.104. The number of likely N-dealkylation sites (N-methyl/N-ethyl adjacent to an activating group) is 3. The van der Waals surface area contributed by atoms with Crippen LogP contribution in [0, 0.1) is 0 Å². The molecule has 0 aromatic heterocycles. The van der Waals surface area contributed by atoms with Crippen LogP contribution in [0.3, 0.4) is 0 Å². The Morgan fingerprint density at radius 2 is 0.813 bits per heavy atom. The first-order chi connectivity index (χ1) is 43.5. The molecular formula is C66H68BBrCl3N9O11. The second-order valence-corrected chi connectivity index (χ2v) is 26.7. The lowest BCUT2D eigenvalue weighted by molar-refractivity contribution is -0.139. The highest BCUT2D eigenvalue weighted by molar-refractivity contribution is 9.10. The molecule has 9 aliphatic rings. The average molecular weight is 1360 g/mol. The van der Waals surface area contributed by atoms with E-state index >= 15 is 0 Å². The van der Waals surface area contributed by atoms with Gasteiger partial charge in [-0.05, 0) is 145 Å². The molecule has 2 unspecified atom stereocenters. The maximum Gasteiger partial charge on any atom is 0.488 e. The van der Waals surface area contributed by atoms with Crippen LogP contribution >= 0.6 is 50.7 Å². The molecule has 0 radical (unpaired) electrons. The Labute approximate surface area is 550 Å². The van der Waals surface area contributed by atoms with Gasteiger partial charge in [0.25, 0.3) is 17.7 Å². The number of benzene rings is 6. The van der Waals surface area contributed by atoms with Crippen LogP contribution in [-0.2, 0) is 45.2 Å². The van der Waals surface area contributed by atoms with E-state index in [2.05, 4.69) is 20.9 Å². The minimum absolute atomic E-state index is 0.109. The molecule has 3 amide bonds. The monoisotopic (exact) mass is 1360 g/mol. The highest BCUT2D eigenvalue weighted by atomic mass is 79.9. The number of fused-ring (bicyclic) bond motifs is 6. The lowest BCUT2D eigenvalue weighted by atomic mass is 9.74. The van der Waals surface area contributed by atoms with E-state index in [0.29, 0.717) is 90.1 Å². The number of carbonyl (C=O) groups excluding carboxylic acids is 3. The van der Waals surface area contributed by atoms with Gasteiger partial charge in [0.1, 0.15) is 34.1 Å². The molecule has 91 heavy (non-hydrogen) atoms. The van der Waals surface area contributed by atoms with Crippen LogP contribution in [0.5, 0.6) is 17.2 Å². The predicted molar refractivity (Wildman–Crippen MR) is 351 cm³/mol. The molecule has 6 aromatic rings. The Hall–Kier alpha value is -7.25. The molecule has 20 nitrogen and oxygen atoms in total. The minimum atomic E-state index is -1.43. The number of hydrogen-bond acceptors (Lipinski definition) is 17. The van der Waals surface area contributed by atoms with Crippen molar-refractivity contribution in [2.24, 2.45) is 32.2 Å². The molecule has 8 N–H and O–H groups in total. The number of nitrogens with zero attached hydrogens (tertiary/aromatic N) is 6. The summed E-state index contributed by atoms with van der Waals surface area (Å²) in [6.07, 6.45) is 6.43. The fraction of sp³-hybridized carbons (Fsp3) is 0.364. The molecule has 0 aliphatic carbocycles. The lowest BCUT2D eigenvalue weighted by Crippen LogP contribution is -2.55. The first-order valence-corrected chi connectivity index (χ1v) is 31.9. The number of halogens is 4. The average Bonchev–Trinajstić information content (AvgIpc) is 1.69. The molecule has 474 valence electrons. The number of nitrogens with two attached hydrogens (primary N) is 3. The summed E-state index contributed by atoms with van der Waals surface area (Å²) in [7, 11) is 3.55. The number of ether oxygens (including phenoxy) is 6. The summed E-state index contributed by atoms with van der Waals surface area (Å²) in [4.78, 5) is 58.1. The highest BCUT2D eigenvalue weighted by Crippen LogP contribution is 2.55. The Morgan fingerprint density at radius 3 is 1.12 bits per heavy atom. The second-order valence-electron chi connectivity index (χ2n) is 24.4. The number of hydrogen-bond donors (Lipinski definition) is 5. The van der Waals surface area contributed by atoms with Crippen molar-refractivity contribution in [3.05, 3.63) is 164 Å². The third kappa shape index (κ3) is 12.0. The van der Waals surface area contributed by atoms with Gasteiger partial charge in [0.05, 0.1) is 19.8 Å². The van der Waals surface area contributed by atoms with Crippen molar-refractivity contribution in [1.29, 1.82) is 0 Å². The topological polar surface area (TPSA) is 272 Å². The van der Waals surface area contributed by atoms with Crippen molar-refractivity contribution in [2.75, 3.05) is 60.8 Å². The zero-order valence-electron chi connectivity index (χ0n) is 50.3. The molecule has 15 rings (SSSR count). The van der Waals surface area contributed by atoms with E-state index in [1.807, 2.05) is 103 Å². The van der Waals surface area contributed by atoms with Crippen LogP contribution in [0.4, 0.5) is 0 Å². The molecule has 9 aliphatic heterocycles. The van der Waals surface area contributed by atoms with Gasteiger partial charge in [-0.3, -0.25) is 29.1 Å². The van der Waals surface area contributed by atoms with Crippen molar-refractivity contribution in [3.8, 4) is 39.5 Å². The smallest absolute Gasteiger partial charge is 0.484 e. The molecule has 6 atom stereocenters. The van der Waals surface area contributed by atoms with Crippen molar-refractivity contribution in [1.82, 2.24) is 14.7 Å². The van der Waals surface area contributed by atoms with Crippen LogP contribution in [0.25, 0.3) is 22.3 Å². The summed E-state index contributed by atoms with van der Waals surface area (Å²) in [6, 6.07) is 39.1. The molecule has 6 spiro atoms. The van der Waals surface area contributed by atoms with Gasteiger partial charge in [0.15, 0.2) is 34.5 Å². The minimum Gasteiger partial charge on any atom is -0.484 e. The van der Waals surface area contributed by atoms with Gasteiger partial charge < -0.3 is 55.7 Å². The summed E-state index contributed by atoms with van der Waals surface area (Å²) in [5.74, 6) is 2.33. The van der Waals surface area contributed by atoms with Crippen molar-refractivity contribution < 1.29 is 52.9 Å². The van der Waals surface area contributed by atoms with Crippen molar-refractivity contribution in [3.63, 3.8) is 0 Å². The second kappa shape index (κ2) is 25.0. The number of amides is 3. The molecule has 3 fully saturated rings. The van der Waals surface area contributed by atoms with Crippen molar-refractivity contribution in [2.45, 2.75) is 91.2 Å². The first-order valence-electron chi connectivity index (χ1n) is 29.9. The molecule has 9 heterocycles. The summed E-state index contributed by atoms with van der Waals surface area (Å²) in [5.41, 5.74) is 19.7. The Bertz CT molecular complexity index is 3790. The summed E-state index contributed by atoms with van der Waals surface area (Å²) in [5, 5.41) is 19.1. The number of aliphatic imine (C=N–C) groups is 3. The van der Waals surface area contributed by atoms with Gasteiger partial charge in [0, 0.05) is 96.5 Å². The van der Waals surface area contributed by atoms with Gasteiger partial charge in [-0.25, -0.2) is 15.0 Å². The van der Waals surface area contributed by atoms with Gasteiger partial charge in [-0.1, -0.05) is 99.3 Å². The standard InChI is InChI=1S/2C22H22ClN3O3.C16H18BrN3O3.C6H6BClO2/c2*1-26-19(27)22(25-20(26)24)12-21(8-3-9-28-13-21)29-18-7-6-15(11-17(18)22)14-4-2-5-16(23)10-14;1-20-13(21)16(19-14(20)18)8-15(5-2-6-22-9-15)23-12-4-3-10(17)7-11(12)16;8-6-3-1-2-5(4-6)7(9)10/h2*2,4-7,10-11H,3,8-9,12-13H2,1H3,(H2,24,25);3-4,7H,2,5-6,8-9H2,1H3,(H2,18,19);1-4,9-10H/t21-,22+;21-,22-;;/m10../s1. The molecule has 0 saturated carbocycles. The van der Waals surface area contributed by atoms with Gasteiger partial charge in [0.2, 0.25) is 0 Å². The highest BCUT2D eigenvalue weighted by Gasteiger charge is 2.61. The third-order valence-corrected chi connectivity index (χ3v) is 19.4. The van der Waals surface area contributed by atoms with E-state index in [9.17, 15) is 14.4 Å². The van der Waals surface area contributed by atoms with E-state index < -0.39 is 40.5 Å². The zero-order valence-corrected chi connectivity index (χ0v) is 54.2. The predicted octanol–water partition coefficient (Wildman–Crippen LogP) is 8.42.